The molecule has 0 aliphatic heterocycles. The van der Waals surface area contributed by atoms with Crippen molar-refractivity contribution in [3.63, 3.8) is 0 Å². The molecular formula is C10H14N2O2. The van der Waals surface area contributed by atoms with Gasteiger partial charge in [0, 0.05) is 5.69 Å². The van der Waals surface area contributed by atoms with Crippen molar-refractivity contribution in [3.05, 3.63) is 29.3 Å². The van der Waals surface area contributed by atoms with Crippen LogP contribution >= 0.6 is 0 Å². The van der Waals surface area contributed by atoms with Gasteiger partial charge in [0.15, 0.2) is 0 Å². The Morgan fingerprint density at radius 1 is 1.57 bits per heavy atom. The van der Waals surface area contributed by atoms with Gasteiger partial charge < -0.3 is 16.6 Å². The van der Waals surface area contributed by atoms with Gasteiger partial charge in [0.2, 0.25) is 0 Å². The minimum Gasteiger partial charge on any atom is -0.480 e. The summed E-state index contributed by atoms with van der Waals surface area (Å²) in [5.74, 6) is -0.987. The highest BCUT2D eigenvalue weighted by Gasteiger charge is 2.12. The van der Waals surface area contributed by atoms with Crippen LogP contribution in [-0.4, -0.2) is 17.1 Å². The molecule has 0 heterocycles. The molecule has 0 saturated carbocycles. The van der Waals surface area contributed by atoms with Crippen molar-refractivity contribution in [2.75, 3.05) is 5.73 Å². The molecule has 0 spiro atoms. The molecule has 1 aromatic rings. The zero-order valence-electron chi connectivity index (χ0n) is 8.03. The van der Waals surface area contributed by atoms with Crippen molar-refractivity contribution in [1.29, 1.82) is 0 Å². The second-order valence-electron chi connectivity index (χ2n) is 3.34. The van der Waals surface area contributed by atoms with Gasteiger partial charge in [-0.05, 0) is 30.5 Å². The lowest BCUT2D eigenvalue weighted by Crippen LogP contribution is -2.32. The van der Waals surface area contributed by atoms with Crippen LogP contribution in [0.15, 0.2) is 18.2 Å². The van der Waals surface area contributed by atoms with Crippen LogP contribution in [0.2, 0.25) is 0 Å². The Bertz CT molecular complexity index is 350. The molecule has 1 unspecified atom stereocenters. The zero-order chi connectivity index (χ0) is 10.7. The molecule has 0 aliphatic carbocycles. The fourth-order valence-corrected chi connectivity index (χ4v) is 1.21. The minimum absolute atomic E-state index is 0.330. The summed E-state index contributed by atoms with van der Waals surface area (Å²) in [6.45, 7) is 1.88. The van der Waals surface area contributed by atoms with E-state index in [2.05, 4.69) is 0 Å². The maximum Gasteiger partial charge on any atom is 0.320 e. The van der Waals surface area contributed by atoms with Gasteiger partial charge in [-0.15, -0.1) is 0 Å². The fourth-order valence-electron chi connectivity index (χ4n) is 1.21. The second kappa shape index (κ2) is 4.11. The monoisotopic (exact) mass is 194 g/mol. The number of carbonyl (C=O) groups is 1. The molecule has 1 aromatic carbocycles. The third-order valence-corrected chi connectivity index (χ3v) is 2.11. The number of aliphatic carboxylic acids is 1. The third-order valence-electron chi connectivity index (χ3n) is 2.11. The van der Waals surface area contributed by atoms with E-state index in [1.165, 1.54) is 0 Å². The second-order valence-corrected chi connectivity index (χ2v) is 3.34. The summed E-state index contributed by atoms with van der Waals surface area (Å²) in [4.78, 5) is 10.5. The first-order chi connectivity index (χ1) is 6.50. The lowest BCUT2D eigenvalue weighted by atomic mass is 10.0. The van der Waals surface area contributed by atoms with E-state index in [0.29, 0.717) is 12.1 Å². The molecule has 0 amide bonds. The summed E-state index contributed by atoms with van der Waals surface area (Å²) in [7, 11) is 0. The SMILES string of the molecule is Cc1cc(CC(N)C(=O)O)ccc1N. The van der Waals surface area contributed by atoms with Crippen molar-refractivity contribution >= 4 is 11.7 Å². The van der Waals surface area contributed by atoms with E-state index in [-0.39, 0.29) is 0 Å². The largest absolute Gasteiger partial charge is 0.480 e. The van der Waals surface area contributed by atoms with Crippen LogP contribution in [0.25, 0.3) is 0 Å². The molecule has 4 nitrogen and oxygen atoms in total. The molecule has 1 atom stereocenters. The van der Waals surface area contributed by atoms with E-state index in [1.807, 2.05) is 13.0 Å². The van der Waals surface area contributed by atoms with Crippen molar-refractivity contribution < 1.29 is 9.90 Å². The van der Waals surface area contributed by atoms with E-state index < -0.39 is 12.0 Å². The fraction of sp³-hybridized carbons (Fsp3) is 0.300. The van der Waals surface area contributed by atoms with Crippen LogP contribution < -0.4 is 11.5 Å². The summed E-state index contributed by atoms with van der Waals surface area (Å²) >= 11 is 0. The molecule has 4 heteroatoms. The van der Waals surface area contributed by atoms with Crippen molar-refractivity contribution in [2.45, 2.75) is 19.4 Å². The molecule has 5 N–H and O–H groups in total. The molecule has 14 heavy (non-hydrogen) atoms. The number of hydrogen-bond donors (Lipinski definition) is 3. The average Bonchev–Trinajstić information content (AvgIpc) is 2.11. The number of nitrogens with two attached hydrogens (primary N) is 2. The maximum absolute atomic E-state index is 10.5. The van der Waals surface area contributed by atoms with Gasteiger partial charge in [-0.25, -0.2) is 0 Å². The van der Waals surface area contributed by atoms with E-state index >= 15 is 0 Å². The smallest absolute Gasteiger partial charge is 0.320 e. The number of benzene rings is 1. The molecule has 0 saturated heterocycles. The van der Waals surface area contributed by atoms with E-state index in [1.54, 1.807) is 12.1 Å². The molecule has 0 bridgehead atoms. The Hall–Kier alpha value is -1.55. The molecule has 76 valence electrons. The molecule has 0 fully saturated rings. The van der Waals surface area contributed by atoms with Gasteiger partial charge >= 0.3 is 5.97 Å². The number of rotatable bonds is 3. The van der Waals surface area contributed by atoms with Crippen molar-refractivity contribution in [1.82, 2.24) is 0 Å². The maximum atomic E-state index is 10.5. The summed E-state index contributed by atoms with van der Waals surface area (Å²) < 4.78 is 0. The standard InChI is InChI=1S/C10H14N2O2/c1-6-4-7(2-3-8(6)11)5-9(12)10(13)14/h2-4,9H,5,11-12H2,1H3,(H,13,14). The Morgan fingerprint density at radius 2 is 2.21 bits per heavy atom. The van der Waals surface area contributed by atoms with Gasteiger partial charge in [0.05, 0.1) is 0 Å². The van der Waals surface area contributed by atoms with Crippen LogP contribution in [0.4, 0.5) is 5.69 Å². The number of carboxylic acid groups (broad SMARTS) is 1. The minimum atomic E-state index is -0.987. The Balaban J connectivity index is 2.78. The van der Waals surface area contributed by atoms with E-state index in [9.17, 15) is 4.79 Å². The Morgan fingerprint density at radius 3 is 2.71 bits per heavy atom. The predicted octanol–water partition coefficient (Wildman–Crippen LogP) is 0.532. The summed E-state index contributed by atoms with van der Waals surface area (Å²) in [5, 5.41) is 8.62. The molecular weight excluding hydrogens is 180 g/mol. The van der Waals surface area contributed by atoms with Gasteiger partial charge in [-0.3, -0.25) is 4.79 Å². The average molecular weight is 194 g/mol. The van der Waals surface area contributed by atoms with Gasteiger partial charge in [0.25, 0.3) is 0 Å². The number of carboxylic acids is 1. The van der Waals surface area contributed by atoms with Gasteiger partial charge in [-0.1, -0.05) is 12.1 Å². The van der Waals surface area contributed by atoms with E-state index in [0.717, 1.165) is 11.1 Å². The van der Waals surface area contributed by atoms with E-state index in [4.69, 9.17) is 16.6 Å². The van der Waals surface area contributed by atoms with Crippen molar-refractivity contribution in [2.24, 2.45) is 5.73 Å². The summed E-state index contributed by atoms with van der Waals surface area (Å²) in [5.41, 5.74) is 13.6. The van der Waals surface area contributed by atoms with Crippen LogP contribution in [0.1, 0.15) is 11.1 Å². The number of nitrogen functional groups attached to an aromatic ring is 1. The predicted molar refractivity (Wildman–Crippen MR) is 54.9 cm³/mol. The highest BCUT2D eigenvalue weighted by molar-refractivity contribution is 5.73. The first-order valence-electron chi connectivity index (χ1n) is 4.34. The molecule has 0 radical (unpaired) electrons. The Labute approximate surface area is 82.5 Å². The van der Waals surface area contributed by atoms with Gasteiger partial charge in [-0.2, -0.15) is 0 Å². The third kappa shape index (κ3) is 2.47. The quantitative estimate of drug-likeness (QED) is 0.612. The zero-order valence-corrected chi connectivity index (χ0v) is 8.03. The molecule has 1 rings (SSSR count). The molecule has 0 aromatic heterocycles. The topological polar surface area (TPSA) is 89.3 Å². The van der Waals surface area contributed by atoms with Crippen LogP contribution in [0.5, 0.6) is 0 Å². The van der Waals surface area contributed by atoms with Crippen molar-refractivity contribution in [3.8, 4) is 0 Å². The molecule has 0 aliphatic rings. The first-order valence-corrected chi connectivity index (χ1v) is 4.34. The highest BCUT2D eigenvalue weighted by atomic mass is 16.4. The van der Waals surface area contributed by atoms with Crippen LogP contribution in [0.3, 0.4) is 0 Å². The van der Waals surface area contributed by atoms with Gasteiger partial charge in [0.1, 0.15) is 6.04 Å². The van der Waals surface area contributed by atoms with Crippen LogP contribution in [0, 0.1) is 6.92 Å². The number of aryl methyl sites for hydroxylation is 1. The normalized spacial score (nSPS) is 12.4. The number of hydrogen-bond acceptors (Lipinski definition) is 3. The lowest BCUT2D eigenvalue weighted by molar-refractivity contribution is -0.138. The highest BCUT2D eigenvalue weighted by Crippen LogP contribution is 2.13. The summed E-state index contributed by atoms with van der Waals surface area (Å²) in [6, 6.07) is 4.57. The number of anilines is 1. The Kier molecular flexibility index (Phi) is 3.09. The lowest BCUT2D eigenvalue weighted by Gasteiger charge is -2.08. The first kappa shape index (κ1) is 10.5. The summed E-state index contributed by atoms with van der Waals surface area (Å²) in [6.07, 6.45) is 0.330. The van der Waals surface area contributed by atoms with Crippen LogP contribution in [-0.2, 0) is 11.2 Å².